The number of hydrogen-bond acceptors (Lipinski definition) is 3. The Hall–Kier alpha value is -1.76. The summed E-state index contributed by atoms with van der Waals surface area (Å²) in [4.78, 5) is 12.4. The van der Waals surface area contributed by atoms with Crippen molar-refractivity contribution in [3.05, 3.63) is 58.1 Å². The van der Waals surface area contributed by atoms with Crippen LogP contribution in [-0.4, -0.2) is 27.4 Å². The van der Waals surface area contributed by atoms with Crippen LogP contribution >= 0.6 is 23.2 Å². The second kappa shape index (κ2) is 8.09. The third-order valence-corrected chi connectivity index (χ3v) is 7.23. The van der Waals surface area contributed by atoms with Crippen LogP contribution < -0.4 is 9.62 Å². The van der Waals surface area contributed by atoms with Gasteiger partial charge in [0.15, 0.2) is 0 Å². The first-order chi connectivity index (χ1) is 12.8. The highest BCUT2D eigenvalue weighted by Crippen LogP contribution is 2.29. The van der Waals surface area contributed by atoms with Crippen LogP contribution in [0.2, 0.25) is 10.0 Å². The second-order valence-corrected chi connectivity index (χ2v) is 9.33. The van der Waals surface area contributed by atoms with Crippen LogP contribution in [0.1, 0.15) is 36.0 Å². The Bertz CT molecular complexity index is 940. The maximum Gasteiger partial charge on any atom is 0.265 e. The van der Waals surface area contributed by atoms with Crippen LogP contribution in [-0.2, 0) is 10.0 Å². The van der Waals surface area contributed by atoms with Gasteiger partial charge in [0.1, 0.15) is 4.90 Å². The van der Waals surface area contributed by atoms with Crippen LogP contribution in [0, 0.1) is 0 Å². The summed E-state index contributed by atoms with van der Waals surface area (Å²) >= 11 is 12.0. The fraction of sp³-hybridized carbons (Fsp3) is 0.316. The zero-order valence-electron chi connectivity index (χ0n) is 14.8. The van der Waals surface area contributed by atoms with Gasteiger partial charge in [-0.2, -0.15) is 0 Å². The number of hydrogen-bond donors (Lipinski definition) is 1. The van der Waals surface area contributed by atoms with E-state index in [1.165, 1.54) is 25.2 Å². The molecule has 0 aliphatic heterocycles. The molecule has 0 aromatic heterocycles. The van der Waals surface area contributed by atoms with E-state index in [1.54, 1.807) is 24.3 Å². The minimum absolute atomic E-state index is 0.0632. The first-order valence-corrected chi connectivity index (χ1v) is 10.8. The summed E-state index contributed by atoms with van der Waals surface area (Å²) < 4.78 is 27.2. The van der Waals surface area contributed by atoms with Crippen LogP contribution in [0.5, 0.6) is 0 Å². The lowest BCUT2D eigenvalue weighted by atomic mass is 10.2. The summed E-state index contributed by atoms with van der Waals surface area (Å²) in [5, 5.41) is 3.53. The van der Waals surface area contributed by atoms with Gasteiger partial charge in [-0.3, -0.25) is 9.10 Å². The van der Waals surface area contributed by atoms with Gasteiger partial charge in [-0.05, 0) is 55.3 Å². The Morgan fingerprint density at radius 3 is 2.33 bits per heavy atom. The highest BCUT2D eigenvalue weighted by atomic mass is 35.5. The number of nitrogens with one attached hydrogen (secondary N) is 1. The van der Waals surface area contributed by atoms with Gasteiger partial charge in [-0.15, -0.1) is 0 Å². The minimum Gasteiger partial charge on any atom is -0.349 e. The zero-order chi connectivity index (χ0) is 19.6. The predicted octanol–water partition coefficient (Wildman–Crippen LogP) is 4.49. The quantitative estimate of drug-likeness (QED) is 0.765. The number of sulfonamides is 1. The number of anilines is 1. The molecular weight excluding hydrogens is 407 g/mol. The van der Waals surface area contributed by atoms with Crippen molar-refractivity contribution in [3.8, 4) is 0 Å². The molecule has 1 aliphatic carbocycles. The monoisotopic (exact) mass is 426 g/mol. The van der Waals surface area contributed by atoms with E-state index in [1.807, 2.05) is 0 Å². The van der Waals surface area contributed by atoms with Crippen molar-refractivity contribution in [1.29, 1.82) is 0 Å². The lowest BCUT2D eigenvalue weighted by molar-refractivity contribution is 0.0937. The molecule has 2 aromatic rings. The van der Waals surface area contributed by atoms with Crippen molar-refractivity contribution in [2.24, 2.45) is 0 Å². The highest BCUT2D eigenvalue weighted by molar-refractivity contribution is 7.93. The molecule has 2 aromatic carbocycles. The fourth-order valence-corrected chi connectivity index (χ4v) is 4.94. The number of benzene rings is 2. The lowest BCUT2D eigenvalue weighted by Crippen LogP contribution is -2.33. The van der Waals surface area contributed by atoms with E-state index in [2.05, 4.69) is 5.32 Å². The second-order valence-electron chi connectivity index (χ2n) is 6.55. The van der Waals surface area contributed by atoms with Crippen molar-refractivity contribution in [2.75, 3.05) is 11.4 Å². The topological polar surface area (TPSA) is 66.5 Å². The van der Waals surface area contributed by atoms with Crippen LogP contribution in [0.25, 0.3) is 0 Å². The largest absolute Gasteiger partial charge is 0.349 e. The van der Waals surface area contributed by atoms with Crippen LogP contribution in [0.15, 0.2) is 47.4 Å². The zero-order valence-corrected chi connectivity index (χ0v) is 17.1. The molecule has 0 unspecified atom stereocenters. The number of amides is 1. The maximum absolute atomic E-state index is 13.0. The van der Waals surface area contributed by atoms with Crippen LogP contribution in [0.4, 0.5) is 5.69 Å². The summed E-state index contributed by atoms with van der Waals surface area (Å²) in [6, 6.07) is 10.9. The summed E-state index contributed by atoms with van der Waals surface area (Å²) in [6.07, 6.45) is 4.09. The summed E-state index contributed by atoms with van der Waals surface area (Å²) in [5.41, 5.74) is 0.714. The van der Waals surface area contributed by atoms with Crippen molar-refractivity contribution in [2.45, 2.75) is 36.6 Å². The number of halogens is 2. The molecule has 8 heteroatoms. The molecule has 0 radical (unpaired) electrons. The highest BCUT2D eigenvalue weighted by Gasteiger charge is 2.26. The normalized spacial score (nSPS) is 14.9. The third-order valence-electron chi connectivity index (χ3n) is 4.71. The molecule has 1 fully saturated rings. The molecular formula is C19H20Cl2N2O3S. The Morgan fingerprint density at radius 1 is 1.07 bits per heavy atom. The SMILES string of the molecule is CN(c1ccc(Cl)cc1)S(=O)(=O)c1cc(C(=O)NC2CCCC2)ccc1Cl. The van der Waals surface area contributed by atoms with Crippen molar-refractivity contribution in [3.63, 3.8) is 0 Å². The Labute approximate surface area is 169 Å². The molecule has 1 amide bonds. The summed E-state index contributed by atoms with van der Waals surface area (Å²) in [5.74, 6) is -0.288. The summed E-state index contributed by atoms with van der Waals surface area (Å²) in [6.45, 7) is 0. The molecule has 0 spiro atoms. The molecule has 1 saturated carbocycles. The van der Waals surface area contributed by atoms with Crippen molar-refractivity contribution < 1.29 is 13.2 Å². The van der Waals surface area contributed by atoms with Gasteiger partial charge in [0.2, 0.25) is 0 Å². The Morgan fingerprint density at radius 2 is 1.70 bits per heavy atom. The molecule has 1 aliphatic rings. The van der Waals surface area contributed by atoms with Gasteiger partial charge >= 0.3 is 0 Å². The maximum atomic E-state index is 13.0. The molecule has 5 nitrogen and oxygen atoms in total. The van der Waals surface area contributed by atoms with E-state index in [9.17, 15) is 13.2 Å². The van der Waals surface area contributed by atoms with E-state index in [0.717, 1.165) is 30.0 Å². The van der Waals surface area contributed by atoms with Gasteiger partial charge in [0, 0.05) is 23.7 Å². The Balaban J connectivity index is 1.90. The number of rotatable bonds is 5. The molecule has 1 N–H and O–H groups in total. The number of nitrogens with zero attached hydrogens (tertiary/aromatic N) is 1. The molecule has 0 atom stereocenters. The van der Waals surface area contributed by atoms with E-state index >= 15 is 0 Å². The fourth-order valence-electron chi connectivity index (χ4n) is 3.12. The molecule has 144 valence electrons. The predicted molar refractivity (Wildman–Crippen MR) is 108 cm³/mol. The van der Waals surface area contributed by atoms with E-state index in [-0.39, 0.29) is 27.4 Å². The van der Waals surface area contributed by atoms with Gasteiger partial charge in [-0.1, -0.05) is 36.0 Å². The van der Waals surface area contributed by atoms with Crippen LogP contribution in [0.3, 0.4) is 0 Å². The van der Waals surface area contributed by atoms with Crippen molar-refractivity contribution >= 4 is 44.8 Å². The number of carbonyl (C=O) groups excluding carboxylic acids is 1. The lowest BCUT2D eigenvalue weighted by Gasteiger charge is -2.21. The first kappa shape index (κ1) is 20.0. The van der Waals surface area contributed by atoms with Gasteiger partial charge in [-0.25, -0.2) is 8.42 Å². The standard InChI is InChI=1S/C19H20Cl2N2O3S/c1-23(16-9-7-14(20)8-10-16)27(25,26)18-12-13(6-11-17(18)21)19(24)22-15-4-2-3-5-15/h6-12,15H,2-5H2,1H3,(H,22,24). The molecule has 27 heavy (non-hydrogen) atoms. The third kappa shape index (κ3) is 4.39. The smallest absolute Gasteiger partial charge is 0.265 e. The van der Waals surface area contributed by atoms with E-state index in [4.69, 9.17) is 23.2 Å². The van der Waals surface area contributed by atoms with Gasteiger partial charge < -0.3 is 5.32 Å². The van der Waals surface area contributed by atoms with E-state index < -0.39 is 10.0 Å². The molecule has 0 saturated heterocycles. The van der Waals surface area contributed by atoms with E-state index in [0.29, 0.717) is 10.7 Å². The molecule has 3 rings (SSSR count). The minimum atomic E-state index is -3.94. The van der Waals surface area contributed by atoms with Gasteiger partial charge in [0.25, 0.3) is 15.9 Å². The summed E-state index contributed by atoms with van der Waals surface area (Å²) in [7, 11) is -2.51. The number of carbonyl (C=O) groups is 1. The van der Waals surface area contributed by atoms with Gasteiger partial charge in [0.05, 0.1) is 10.7 Å². The molecule has 0 heterocycles. The Kier molecular flexibility index (Phi) is 5.99. The average Bonchev–Trinajstić information content (AvgIpc) is 3.15. The first-order valence-electron chi connectivity index (χ1n) is 8.64. The van der Waals surface area contributed by atoms with Crippen molar-refractivity contribution in [1.82, 2.24) is 5.32 Å². The molecule has 0 bridgehead atoms. The average molecular weight is 427 g/mol.